The molecule has 0 radical (unpaired) electrons. The first-order chi connectivity index (χ1) is 14.5. The number of nitrogens with one attached hydrogen (secondary N) is 1. The zero-order valence-electron chi connectivity index (χ0n) is 17.8. The van der Waals surface area contributed by atoms with E-state index < -0.39 is 11.5 Å². The van der Waals surface area contributed by atoms with Crippen molar-refractivity contribution in [3.63, 3.8) is 0 Å². The van der Waals surface area contributed by atoms with Crippen LogP contribution in [0.5, 0.6) is 5.75 Å². The Kier molecular flexibility index (Phi) is 6.02. The van der Waals surface area contributed by atoms with Crippen LogP contribution in [0.15, 0.2) is 30.0 Å². The van der Waals surface area contributed by atoms with Gasteiger partial charge < -0.3 is 20.1 Å². The Morgan fingerprint density at radius 1 is 1.23 bits per heavy atom. The van der Waals surface area contributed by atoms with E-state index in [4.69, 9.17) is 9.84 Å². The predicted octanol–water partition coefficient (Wildman–Crippen LogP) is 4.86. The molecule has 2 amide bonds. The summed E-state index contributed by atoms with van der Waals surface area (Å²) in [5.41, 5.74) is 2.86. The molecule has 0 spiro atoms. The number of aliphatic carboxylic acids is 1. The van der Waals surface area contributed by atoms with Gasteiger partial charge >= 0.3 is 12.0 Å². The number of ether oxygens (including phenoxy) is 1. The SMILES string of the molecule is Cc1cc(C23CCCCC2=CN(CCC(=O)O)C(=O)N3)ccc1OC1CCCCC1. The van der Waals surface area contributed by atoms with E-state index in [0.29, 0.717) is 6.10 Å². The van der Waals surface area contributed by atoms with Crippen LogP contribution in [0.1, 0.15) is 75.3 Å². The van der Waals surface area contributed by atoms with Gasteiger partial charge in [0.15, 0.2) is 0 Å². The minimum Gasteiger partial charge on any atom is -0.490 e. The second-order valence-corrected chi connectivity index (χ2v) is 8.89. The normalized spacial score (nSPS) is 24.6. The Balaban J connectivity index is 1.59. The van der Waals surface area contributed by atoms with Crippen molar-refractivity contribution < 1.29 is 19.4 Å². The number of aryl methyl sites for hydroxylation is 1. The van der Waals surface area contributed by atoms with Crippen LogP contribution in [0.4, 0.5) is 4.79 Å². The zero-order chi connectivity index (χ0) is 21.1. The molecule has 1 unspecified atom stereocenters. The third kappa shape index (κ3) is 4.18. The monoisotopic (exact) mass is 412 g/mol. The second kappa shape index (κ2) is 8.70. The highest BCUT2D eigenvalue weighted by Gasteiger charge is 2.43. The lowest BCUT2D eigenvalue weighted by molar-refractivity contribution is -0.137. The van der Waals surface area contributed by atoms with Gasteiger partial charge in [0.05, 0.1) is 18.1 Å². The molecule has 2 aliphatic carbocycles. The van der Waals surface area contributed by atoms with Crippen LogP contribution in [-0.2, 0) is 10.3 Å². The summed E-state index contributed by atoms with van der Waals surface area (Å²) in [5.74, 6) is 0.0412. The number of benzene rings is 1. The molecule has 2 fully saturated rings. The Labute approximate surface area is 178 Å². The summed E-state index contributed by atoms with van der Waals surface area (Å²) in [6.07, 6.45) is 12.1. The number of hydrogen-bond acceptors (Lipinski definition) is 3. The Morgan fingerprint density at radius 2 is 2.03 bits per heavy atom. The number of carboxylic acids is 1. The van der Waals surface area contributed by atoms with E-state index in [0.717, 1.165) is 55.4 Å². The van der Waals surface area contributed by atoms with Gasteiger partial charge in [0, 0.05) is 12.7 Å². The quantitative estimate of drug-likeness (QED) is 0.699. The van der Waals surface area contributed by atoms with Crippen molar-refractivity contribution in [1.29, 1.82) is 0 Å². The van der Waals surface area contributed by atoms with Crippen LogP contribution in [0.25, 0.3) is 0 Å². The van der Waals surface area contributed by atoms with Crippen LogP contribution in [-0.4, -0.2) is 34.7 Å². The Bertz CT molecular complexity index is 844. The van der Waals surface area contributed by atoms with Gasteiger partial charge in [0.1, 0.15) is 5.75 Å². The molecule has 3 aliphatic rings. The molecule has 162 valence electrons. The van der Waals surface area contributed by atoms with Gasteiger partial charge in [-0.1, -0.05) is 18.9 Å². The summed E-state index contributed by atoms with van der Waals surface area (Å²) in [4.78, 5) is 25.3. The van der Waals surface area contributed by atoms with Gasteiger partial charge in [-0.3, -0.25) is 4.79 Å². The number of hydrogen-bond donors (Lipinski definition) is 2. The van der Waals surface area contributed by atoms with E-state index in [9.17, 15) is 9.59 Å². The van der Waals surface area contributed by atoms with Crippen molar-refractivity contribution in [1.82, 2.24) is 10.2 Å². The van der Waals surface area contributed by atoms with Gasteiger partial charge in [0.25, 0.3) is 0 Å². The van der Waals surface area contributed by atoms with Crippen LogP contribution < -0.4 is 10.1 Å². The van der Waals surface area contributed by atoms with E-state index in [-0.39, 0.29) is 19.0 Å². The van der Waals surface area contributed by atoms with Crippen molar-refractivity contribution in [3.8, 4) is 5.75 Å². The third-order valence-electron chi connectivity index (χ3n) is 6.77. The first-order valence-corrected chi connectivity index (χ1v) is 11.3. The maximum atomic E-state index is 12.8. The topological polar surface area (TPSA) is 78.9 Å². The number of urea groups is 1. The van der Waals surface area contributed by atoms with Gasteiger partial charge in [-0.15, -0.1) is 0 Å². The number of amides is 2. The second-order valence-electron chi connectivity index (χ2n) is 8.89. The van der Waals surface area contributed by atoms with Crippen molar-refractivity contribution in [2.45, 2.75) is 82.8 Å². The fourth-order valence-electron chi connectivity index (χ4n) is 5.09. The highest BCUT2D eigenvalue weighted by Crippen LogP contribution is 2.44. The molecule has 6 heteroatoms. The largest absolute Gasteiger partial charge is 0.490 e. The standard InChI is InChI=1S/C24H32N2O4/c1-17-15-18(10-11-21(17)30-20-8-3-2-4-9-20)24-13-6-5-7-19(24)16-26(23(29)25-24)14-12-22(27)28/h10-11,15-16,20H,2-9,12-14H2,1H3,(H,25,29)(H,27,28). The smallest absolute Gasteiger partial charge is 0.322 e. The summed E-state index contributed by atoms with van der Waals surface area (Å²) in [6.45, 7) is 2.27. The molecule has 2 saturated carbocycles. The molecule has 1 aromatic carbocycles. The molecule has 1 aromatic rings. The molecule has 1 atom stereocenters. The van der Waals surface area contributed by atoms with Crippen LogP contribution >= 0.6 is 0 Å². The molecule has 0 aromatic heterocycles. The maximum Gasteiger partial charge on any atom is 0.322 e. The lowest BCUT2D eigenvalue weighted by atomic mass is 9.72. The average molecular weight is 413 g/mol. The third-order valence-corrected chi connectivity index (χ3v) is 6.77. The number of carbonyl (C=O) groups excluding carboxylic acids is 1. The number of nitrogens with zero attached hydrogens (tertiary/aromatic N) is 1. The molecule has 1 heterocycles. The average Bonchev–Trinajstić information content (AvgIpc) is 2.74. The molecule has 30 heavy (non-hydrogen) atoms. The summed E-state index contributed by atoms with van der Waals surface area (Å²) in [7, 11) is 0. The van der Waals surface area contributed by atoms with E-state index >= 15 is 0 Å². The Hall–Kier alpha value is -2.50. The van der Waals surface area contributed by atoms with Gasteiger partial charge in [-0.2, -0.15) is 0 Å². The van der Waals surface area contributed by atoms with Crippen LogP contribution in [0, 0.1) is 6.92 Å². The first-order valence-electron chi connectivity index (χ1n) is 11.3. The fourth-order valence-corrected chi connectivity index (χ4v) is 5.09. The lowest BCUT2D eigenvalue weighted by Gasteiger charge is -2.46. The van der Waals surface area contributed by atoms with Gasteiger partial charge in [-0.05, 0) is 80.7 Å². The van der Waals surface area contributed by atoms with Gasteiger partial charge in [0.2, 0.25) is 0 Å². The summed E-state index contributed by atoms with van der Waals surface area (Å²) in [6, 6.07) is 6.09. The van der Waals surface area contributed by atoms with E-state index in [2.05, 4.69) is 30.4 Å². The first kappa shape index (κ1) is 20.8. The minimum atomic E-state index is -0.897. The molecule has 0 bridgehead atoms. The maximum absolute atomic E-state index is 12.8. The zero-order valence-corrected chi connectivity index (χ0v) is 17.8. The van der Waals surface area contributed by atoms with Crippen molar-refractivity contribution in [3.05, 3.63) is 41.1 Å². The predicted molar refractivity (Wildman–Crippen MR) is 114 cm³/mol. The lowest BCUT2D eigenvalue weighted by Crippen LogP contribution is -2.56. The van der Waals surface area contributed by atoms with E-state index in [1.807, 2.05) is 6.20 Å². The number of rotatable bonds is 6. The minimum absolute atomic E-state index is 0.0590. The summed E-state index contributed by atoms with van der Waals surface area (Å²) in [5, 5.41) is 12.2. The molecule has 0 saturated heterocycles. The Morgan fingerprint density at radius 3 is 2.77 bits per heavy atom. The van der Waals surface area contributed by atoms with Crippen molar-refractivity contribution in [2.75, 3.05) is 6.54 Å². The molecular formula is C24H32N2O4. The fraction of sp³-hybridized carbons (Fsp3) is 0.583. The molecule has 4 rings (SSSR count). The van der Waals surface area contributed by atoms with Gasteiger partial charge in [-0.25, -0.2) is 4.79 Å². The number of carbonyl (C=O) groups is 2. The molecular weight excluding hydrogens is 380 g/mol. The van der Waals surface area contributed by atoms with Crippen molar-refractivity contribution in [2.24, 2.45) is 0 Å². The summed E-state index contributed by atoms with van der Waals surface area (Å²) >= 11 is 0. The number of carboxylic acid groups (broad SMARTS) is 1. The number of fused-ring (bicyclic) bond motifs is 1. The summed E-state index contributed by atoms with van der Waals surface area (Å²) < 4.78 is 6.29. The van der Waals surface area contributed by atoms with E-state index in [1.165, 1.54) is 29.7 Å². The molecule has 1 aliphatic heterocycles. The highest BCUT2D eigenvalue weighted by molar-refractivity contribution is 5.80. The molecule has 6 nitrogen and oxygen atoms in total. The molecule has 2 N–H and O–H groups in total. The van der Waals surface area contributed by atoms with E-state index in [1.54, 1.807) is 0 Å². The highest BCUT2D eigenvalue weighted by atomic mass is 16.5. The van der Waals surface area contributed by atoms with Crippen molar-refractivity contribution >= 4 is 12.0 Å². The van der Waals surface area contributed by atoms with Crippen LogP contribution in [0.3, 0.4) is 0 Å². The van der Waals surface area contributed by atoms with Crippen LogP contribution in [0.2, 0.25) is 0 Å².